The number of alkyl halides is 2. The van der Waals surface area contributed by atoms with Gasteiger partial charge in [0.05, 0.1) is 10.9 Å². The highest BCUT2D eigenvalue weighted by Gasteiger charge is 2.40. The fourth-order valence-corrected chi connectivity index (χ4v) is 3.73. The van der Waals surface area contributed by atoms with Crippen molar-refractivity contribution < 1.29 is 8.78 Å². The molecule has 0 atom stereocenters. The van der Waals surface area contributed by atoms with E-state index in [1.165, 1.54) is 6.07 Å². The SMILES string of the molecule is Cc1nc(NCc2cccc(C(F)F)c2C)c2cn(C3(C)CC3)c(=O)c(C)c2n1. The van der Waals surface area contributed by atoms with E-state index >= 15 is 0 Å². The summed E-state index contributed by atoms with van der Waals surface area (Å²) in [6.45, 7) is 7.70. The van der Waals surface area contributed by atoms with E-state index in [4.69, 9.17) is 0 Å². The Balaban J connectivity index is 1.77. The number of fused-ring (bicyclic) bond motifs is 1. The number of hydrogen-bond acceptors (Lipinski definition) is 4. The van der Waals surface area contributed by atoms with Gasteiger partial charge in [0, 0.05) is 29.4 Å². The second kappa shape index (κ2) is 6.90. The Hall–Kier alpha value is -2.83. The van der Waals surface area contributed by atoms with Crippen LogP contribution in [0, 0.1) is 20.8 Å². The molecule has 7 heteroatoms. The Kier molecular flexibility index (Phi) is 4.63. The van der Waals surface area contributed by atoms with Crippen LogP contribution in [0.3, 0.4) is 0 Å². The summed E-state index contributed by atoms with van der Waals surface area (Å²) < 4.78 is 28.2. The molecular formula is C22H24F2N4O. The first kappa shape index (κ1) is 19.5. The number of rotatable bonds is 5. The number of nitrogens with one attached hydrogen (secondary N) is 1. The van der Waals surface area contributed by atoms with Crippen LogP contribution in [0.1, 0.15) is 54.3 Å². The predicted octanol–water partition coefficient (Wildman–Crippen LogP) is 4.78. The molecule has 0 saturated heterocycles. The molecule has 4 rings (SSSR count). The minimum atomic E-state index is -2.51. The Morgan fingerprint density at radius 2 is 1.90 bits per heavy atom. The van der Waals surface area contributed by atoms with Crippen LogP contribution in [0.15, 0.2) is 29.2 Å². The van der Waals surface area contributed by atoms with Gasteiger partial charge in [0.1, 0.15) is 11.6 Å². The quantitative estimate of drug-likeness (QED) is 0.672. The maximum Gasteiger partial charge on any atom is 0.264 e. The number of aromatic nitrogens is 3. The van der Waals surface area contributed by atoms with Gasteiger partial charge in [-0.05, 0) is 51.7 Å². The van der Waals surface area contributed by atoms with Crippen LogP contribution in [0.4, 0.5) is 14.6 Å². The molecule has 1 saturated carbocycles. The van der Waals surface area contributed by atoms with Crippen molar-refractivity contribution in [1.82, 2.24) is 14.5 Å². The summed E-state index contributed by atoms with van der Waals surface area (Å²) in [5, 5.41) is 4.05. The molecule has 0 aliphatic heterocycles. The van der Waals surface area contributed by atoms with Crippen molar-refractivity contribution in [3.63, 3.8) is 0 Å². The smallest absolute Gasteiger partial charge is 0.264 e. The molecule has 2 aromatic heterocycles. The Morgan fingerprint density at radius 1 is 1.17 bits per heavy atom. The molecule has 0 radical (unpaired) electrons. The fraction of sp³-hybridized carbons (Fsp3) is 0.409. The van der Waals surface area contributed by atoms with Gasteiger partial charge in [-0.3, -0.25) is 4.79 Å². The van der Waals surface area contributed by atoms with E-state index in [2.05, 4.69) is 22.2 Å². The van der Waals surface area contributed by atoms with Gasteiger partial charge in [0.15, 0.2) is 0 Å². The molecule has 0 bridgehead atoms. The number of anilines is 1. The van der Waals surface area contributed by atoms with E-state index < -0.39 is 6.43 Å². The molecule has 1 aromatic carbocycles. The van der Waals surface area contributed by atoms with Gasteiger partial charge < -0.3 is 9.88 Å². The molecule has 3 aromatic rings. The Labute approximate surface area is 167 Å². The zero-order valence-electron chi connectivity index (χ0n) is 17.0. The Bertz CT molecular complexity index is 1170. The van der Waals surface area contributed by atoms with Crippen molar-refractivity contribution >= 4 is 16.7 Å². The summed E-state index contributed by atoms with van der Waals surface area (Å²) >= 11 is 0. The van der Waals surface area contributed by atoms with Crippen molar-refractivity contribution in [3.05, 3.63) is 62.8 Å². The molecule has 1 aliphatic rings. The summed E-state index contributed by atoms with van der Waals surface area (Å²) in [7, 11) is 0. The zero-order valence-corrected chi connectivity index (χ0v) is 17.0. The average molecular weight is 398 g/mol. The third-order valence-corrected chi connectivity index (χ3v) is 5.93. The third-order valence-electron chi connectivity index (χ3n) is 5.93. The number of nitrogens with zero attached hydrogens (tertiary/aromatic N) is 3. The van der Waals surface area contributed by atoms with E-state index in [0.717, 1.165) is 23.8 Å². The highest BCUT2D eigenvalue weighted by atomic mass is 19.3. The van der Waals surface area contributed by atoms with Gasteiger partial charge in [0.25, 0.3) is 12.0 Å². The summed E-state index contributed by atoms with van der Waals surface area (Å²) in [5.41, 5.74) is 2.44. The van der Waals surface area contributed by atoms with Crippen molar-refractivity contribution in [1.29, 1.82) is 0 Å². The van der Waals surface area contributed by atoms with Crippen molar-refractivity contribution in [3.8, 4) is 0 Å². The lowest BCUT2D eigenvalue weighted by Crippen LogP contribution is -2.30. The van der Waals surface area contributed by atoms with Gasteiger partial charge in [-0.2, -0.15) is 0 Å². The molecule has 0 spiro atoms. The third kappa shape index (κ3) is 3.39. The van der Waals surface area contributed by atoms with Crippen LogP contribution in [-0.2, 0) is 12.1 Å². The molecule has 0 unspecified atom stereocenters. The first-order chi connectivity index (χ1) is 13.7. The van der Waals surface area contributed by atoms with Gasteiger partial charge in [0.2, 0.25) is 0 Å². The second-order valence-electron chi connectivity index (χ2n) is 8.09. The predicted molar refractivity (Wildman–Crippen MR) is 110 cm³/mol. The van der Waals surface area contributed by atoms with Crippen LogP contribution < -0.4 is 10.9 Å². The van der Waals surface area contributed by atoms with Crippen molar-refractivity contribution in [2.45, 2.75) is 59.0 Å². The zero-order chi connectivity index (χ0) is 20.9. The minimum Gasteiger partial charge on any atom is -0.365 e. The number of aryl methyl sites for hydroxylation is 2. The molecule has 1 aliphatic carbocycles. The normalized spacial score (nSPS) is 15.1. The summed E-state index contributed by atoms with van der Waals surface area (Å²) in [5.74, 6) is 1.16. The van der Waals surface area contributed by atoms with Gasteiger partial charge in [-0.15, -0.1) is 0 Å². The van der Waals surface area contributed by atoms with E-state index in [1.54, 1.807) is 31.4 Å². The average Bonchev–Trinajstić information content (AvgIpc) is 3.42. The van der Waals surface area contributed by atoms with E-state index in [0.29, 0.717) is 34.8 Å². The van der Waals surface area contributed by atoms with Crippen LogP contribution >= 0.6 is 0 Å². The van der Waals surface area contributed by atoms with E-state index in [1.807, 2.05) is 12.3 Å². The Morgan fingerprint density at radius 3 is 2.55 bits per heavy atom. The van der Waals surface area contributed by atoms with Crippen LogP contribution in [0.2, 0.25) is 0 Å². The fourth-order valence-electron chi connectivity index (χ4n) is 3.73. The first-order valence-electron chi connectivity index (χ1n) is 9.73. The molecular weight excluding hydrogens is 374 g/mol. The van der Waals surface area contributed by atoms with Gasteiger partial charge in [-0.25, -0.2) is 18.7 Å². The lowest BCUT2D eigenvalue weighted by Gasteiger charge is -2.18. The van der Waals surface area contributed by atoms with Gasteiger partial charge in [-0.1, -0.05) is 18.2 Å². The lowest BCUT2D eigenvalue weighted by atomic mass is 10.0. The van der Waals surface area contributed by atoms with Crippen molar-refractivity contribution in [2.75, 3.05) is 5.32 Å². The van der Waals surface area contributed by atoms with Crippen LogP contribution in [0.5, 0.6) is 0 Å². The monoisotopic (exact) mass is 398 g/mol. The first-order valence-corrected chi connectivity index (χ1v) is 9.73. The largest absolute Gasteiger partial charge is 0.365 e. The second-order valence-corrected chi connectivity index (χ2v) is 8.09. The summed E-state index contributed by atoms with van der Waals surface area (Å²) in [4.78, 5) is 21.8. The standard InChI is InChI=1S/C22H24F2N4O/c1-12-15(6-5-7-16(12)19(23)24)10-25-20-17-11-28(22(4)8-9-22)21(29)13(2)18(17)26-14(3)27-20/h5-7,11,19H,8-10H2,1-4H3,(H,25,26,27). The molecule has 29 heavy (non-hydrogen) atoms. The molecule has 152 valence electrons. The van der Waals surface area contributed by atoms with Crippen molar-refractivity contribution in [2.24, 2.45) is 0 Å². The molecule has 2 heterocycles. The molecule has 1 fully saturated rings. The van der Waals surface area contributed by atoms with Gasteiger partial charge >= 0.3 is 0 Å². The number of hydrogen-bond donors (Lipinski definition) is 1. The topological polar surface area (TPSA) is 59.8 Å². The number of halogens is 2. The van der Waals surface area contributed by atoms with E-state index in [9.17, 15) is 13.6 Å². The highest BCUT2D eigenvalue weighted by molar-refractivity contribution is 5.90. The molecule has 0 amide bonds. The maximum absolute atomic E-state index is 13.2. The number of benzene rings is 1. The van der Waals surface area contributed by atoms with Crippen LogP contribution in [-0.4, -0.2) is 14.5 Å². The van der Waals surface area contributed by atoms with E-state index in [-0.39, 0.29) is 16.7 Å². The molecule has 5 nitrogen and oxygen atoms in total. The summed E-state index contributed by atoms with van der Waals surface area (Å²) in [6.07, 6.45) is 1.26. The number of pyridine rings is 1. The highest BCUT2D eigenvalue weighted by Crippen LogP contribution is 2.42. The molecule has 1 N–H and O–H groups in total. The lowest BCUT2D eigenvalue weighted by molar-refractivity contribution is 0.150. The minimum absolute atomic E-state index is 0.0259. The maximum atomic E-state index is 13.2. The summed E-state index contributed by atoms with van der Waals surface area (Å²) in [6, 6.07) is 4.92. The van der Waals surface area contributed by atoms with Crippen LogP contribution in [0.25, 0.3) is 10.9 Å².